The molecule has 0 aliphatic carbocycles. The number of hydrogen-bond donors (Lipinski definition) is 12. The van der Waals surface area contributed by atoms with E-state index in [-0.39, 0.29) is 18.9 Å². The van der Waals surface area contributed by atoms with Gasteiger partial charge in [-0.05, 0) is 32.1 Å². The second-order valence-electron chi connectivity index (χ2n) is 22.2. The van der Waals surface area contributed by atoms with Gasteiger partial charge in [-0.2, -0.15) is 0 Å². The third-order valence-corrected chi connectivity index (χ3v) is 15.5. The van der Waals surface area contributed by atoms with Crippen molar-refractivity contribution in [3.8, 4) is 0 Å². The highest BCUT2D eigenvalue weighted by Gasteiger charge is 2.53. The molecule has 17 unspecified atom stereocenters. The van der Waals surface area contributed by atoms with Crippen LogP contribution in [0.1, 0.15) is 213 Å². The van der Waals surface area contributed by atoms with Crippen LogP contribution in [-0.2, 0) is 33.2 Å². The predicted molar refractivity (Wildman–Crippen MR) is 296 cm³/mol. The van der Waals surface area contributed by atoms with Gasteiger partial charge in [-0.1, -0.05) is 199 Å². The Morgan fingerprint density at radius 1 is 0.449 bits per heavy atom. The number of allylic oxidation sites excluding steroid dienone is 3. The zero-order valence-corrected chi connectivity index (χ0v) is 47.7. The maximum absolute atomic E-state index is 13.3. The highest BCUT2D eigenvalue weighted by Crippen LogP contribution is 2.33. The minimum absolute atomic E-state index is 0.240. The number of unbranched alkanes of at least 4 members (excludes halogenated alkanes) is 27. The Morgan fingerprint density at radius 2 is 0.821 bits per heavy atom. The Bertz CT molecular complexity index is 1530. The molecule has 19 heteroatoms. The standard InChI is InChI=1S/C59H109NO18/c1-3-5-7-9-11-13-15-16-17-18-19-20-21-22-23-24-25-27-29-31-33-35-37-47(65)60-42(43(64)36-34-32-30-28-26-14-12-10-8-6-4-2)41-73-57-53(71)50(68)55(45(39-62)75-57)78-59-54(72)51(69)56(46(40-63)76-59)77-58-52(70)49(67)48(66)44(38-61)74-58/h26,28,34,36,42-46,48-59,61-64,66-72H,3-25,27,29-33,35,37-41H2,1-2H3,(H,60,65)/b28-26+,36-34+. The molecule has 0 aromatic heterocycles. The van der Waals surface area contributed by atoms with E-state index < -0.39 is 124 Å². The number of nitrogens with one attached hydrogen (secondary N) is 1. The molecule has 0 bridgehead atoms. The maximum atomic E-state index is 13.3. The fraction of sp³-hybridized carbons (Fsp3) is 0.915. The van der Waals surface area contributed by atoms with Crippen LogP contribution >= 0.6 is 0 Å². The van der Waals surface area contributed by atoms with E-state index in [0.29, 0.717) is 12.8 Å². The SMILES string of the molecule is CCCCCCC/C=C/CC/C=C/C(O)C(COC1OC(CO)C(OC2OC(CO)C(OC3OC(CO)C(O)C(O)C3O)C(O)C2O)C(O)C1O)NC(=O)CCCCCCCCCCCCCCCCCCCCCCCC. The summed E-state index contributed by atoms with van der Waals surface area (Å²) in [6.07, 6.45) is 17.5. The summed E-state index contributed by atoms with van der Waals surface area (Å²) in [5.41, 5.74) is 0. The van der Waals surface area contributed by atoms with Gasteiger partial charge in [-0.15, -0.1) is 0 Å². The molecule has 3 rings (SSSR count). The summed E-state index contributed by atoms with van der Waals surface area (Å²) in [5.74, 6) is -0.284. The first-order valence-corrected chi connectivity index (χ1v) is 30.6. The lowest BCUT2D eigenvalue weighted by atomic mass is 9.96. The van der Waals surface area contributed by atoms with Crippen molar-refractivity contribution in [2.45, 2.75) is 317 Å². The summed E-state index contributed by atoms with van der Waals surface area (Å²) in [6, 6.07) is -0.984. The molecule has 3 aliphatic rings. The lowest BCUT2D eigenvalue weighted by molar-refractivity contribution is -0.379. The van der Waals surface area contributed by atoms with Crippen LogP contribution in [0, 0.1) is 0 Å². The molecule has 78 heavy (non-hydrogen) atoms. The predicted octanol–water partition coefficient (Wildman–Crippen LogP) is 5.54. The van der Waals surface area contributed by atoms with Gasteiger partial charge in [0.2, 0.25) is 5.91 Å². The van der Waals surface area contributed by atoms with Crippen LogP contribution in [0.2, 0.25) is 0 Å². The van der Waals surface area contributed by atoms with Crippen molar-refractivity contribution in [3.63, 3.8) is 0 Å². The Balaban J connectivity index is 1.46. The third-order valence-electron chi connectivity index (χ3n) is 15.5. The lowest BCUT2D eigenvalue weighted by Crippen LogP contribution is -2.66. The number of carbonyl (C=O) groups excluding carboxylic acids is 1. The number of rotatable bonds is 45. The van der Waals surface area contributed by atoms with E-state index in [1.807, 2.05) is 6.08 Å². The van der Waals surface area contributed by atoms with Gasteiger partial charge in [-0.3, -0.25) is 4.79 Å². The molecule has 0 spiro atoms. The second kappa shape index (κ2) is 43.0. The highest BCUT2D eigenvalue weighted by atomic mass is 16.8. The fourth-order valence-electron chi connectivity index (χ4n) is 10.4. The number of aliphatic hydroxyl groups is 11. The number of carbonyl (C=O) groups is 1. The molecule has 0 aromatic carbocycles. The van der Waals surface area contributed by atoms with Crippen LogP contribution in [0.4, 0.5) is 0 Å². The Labute approximate surface area is 467 Å². The first-order valence-electron chi connectivity index (χ1n) is 30.6. The van der Waals surface area contributed by atoms with Crippen molar-refractivity contribution in [2.24, 2.45) is 0 Å². The average Bonchev–Trinajstić information content (AvgIpc) is 3.45. The normalized spacial score (nSPS) is 30.6. The third kappa shape index (κ3) is 26.7. The molecule has 3 heterocycles. The van der Waals surface area contributed by atoms with Crippen molar-refractivity contribution in [3.05, 3.63) is 24.3 Å². The van der Waals surface area contributed by atoms with Gasteiger partial charge in [0, 0.05) is 6.42 Å². The molecular weight excluding hydrogens is 1010 g/mol. The molecule has 3 aliphatic heterocycles. The van der Waals surface area contributed by atoms with Gasteiger partial charge in [0.25, 0.3) is 0 Å². The van der Waals surface area contributed by atoms with E-state index in [2.05, 4.69) is 31.3 Å². The van der Waals surface area contributed by atoms with Gasteiger partial charge < -0.3 is 89.9 Å². The van der Waals surface area contributed by atoms with E-state index in [1.165, 1.54) is 141 Å². The van der Waals surface area contributed by atoms with Crippen molar-refractivity contribution in [1.29, 1.82) is 0 Å². The molecule has 0 aromatic rings. The van der Waals surface area contributed by atoms with E-state index in [9.17, 15) is 61.0 Å². The van der Waals surface area contributed by atoms with Crippen LogP contribution in [0.15, 0.2) is 24.3 Å². The molecule has 3 saturated heterocycles. The molecule has 19 nitrogen and oxygen atoms in total. The summed E-state index contributed by atoms with van der Waals surface area (Å²) >= 11 is 0. The Morgan fingerprint density at radius 3 is 1.28 bits per heavy atom. The first-order chi connectivity index (χ1) is 37.8. The first kappa shape index (κ1) is 70.5. The lowest BCUT2D eigenvalue weighted by Gasteiger charge is -2.48. The van der Waals surface area contributed by atoms with Gasteiger partial charge >= 0.3 is 0 Å². The van der Waals surface area contributed by atoms with Crippen LogP contribution < -0.4 is 5.32 Å². The van der Waals surface area contributed by atoms with Crippen molar-refractivity contribution < 1.29 is 89.4 Å². The maximum Gasteiger partial charge on any atom is 0.220 e. The Hall–Kier alpha value is -1.73. The summed E-state index contributed by atoms with van der Waals surface area (Å²) in [6.45, 7) is 1.68. The molecule has 1 amide bonds. The summed E-state index contributed by atoms with van der Waals surface area (Å²) in [7, 11) is 0. The van der Waals surface area contributed by atoms with Crippen molar-refractivity contribution in [2.75, 3.05) is 26.4 Å². The zero-order valence-electron chi connectivity index (χ0n) is 47.7. The Kier molecular flexibility index (Phi) is 38.9. The largest absolute Gasteiger partial charge is 0.394 e. The fourth-order valence-corrected chi connectivity index (χ4v) is 10.4. The molecule has 17 atom stereocenters. The second-order valence-corrected chi connectivity index (χ2v) is 22.2. The van der Waals surface area contributed by atoms with Crippen LogP contribution in [-0.4, -0.2) is 193 Å². The molecule has 0 saturated carbocycles. The van der Waals surface area contributed by atoms with Crippen LogP contribution in [0.3, 0.4) is 0 Å². The highest BCUT2D eigenvalue weighted by molar-refractivity contribution is 5.76. The van der Waals surface area contributed by atoms with Gasteiger partial charge in [-0.25, -0.2) is 0 Å². The molecule has 458 valence electrons. The molecule has 0 radical (unpaired) electrons. The minimum Gasteiger partial charge on any atom is -0.394 e. The topological polar surface area (TPSA) is 307 Å². The number of ether oxygens (including phenoxy) is 6. The van der Waals surface area contributed by atoms with E-state index in [4.69, 9.17) is 28.4 Å². The summed E-state index contributed by atoms with van der Waals surface area (Å²) in [4.78, 5) is 13.3. The van der Waals surface area contributed by atoms with E-state index in [1.54, 1.807) is 6.08 Å². The van der Waals surface area contributed by atoms with Gasteiger partial charge in [0.15, 0.2) is 18.9 Å². The van der Waals surface area contributed by atoms with Crippen LogP contribution in [0.5, 0.6) is 0 Å². The van der Waals surface area contributed by atoms with Crippen molar-refractivity contribution >= 4 is 5.91 Å². The molecule has 3 fully saturated rings. The van der Waals surface area contributed by atoms with E-state index >= 15 is 0 Å². The smallest absolute Gasteiger partial charge is 0.220 e. The van der Waals surface area contributed by atoms with Gasteiger partial charge in [0.05, 0.1) is 38.6 Å². The number of aliphatic hydroxyl groups excluding tert-OH is 11. The summed E-state index contributed by atoms with van der Waals surface area (Å²) in [5, 5.41) is 120. The van der Waals surface area contributed by atoms with Crippen LogP contribution in [0.25, 0.3) is 0 Å². The minimum atomic E-state index is -1.98. The average molecular weight is 1120 g/mol. The van der Waals surface area contributed by atoms with E-state index in [0.717, 1.165) is 38.5 Å². The van der Waals surface area contributed by atoms with Crippen molar-refractivity contribution in [1.82, 2.24) is 5.32 Å². The quantitative estimate of drug-likeness (QED) is 0.0263. The summed E-state index contributed by atoms with van der Waals surface area (Å²) < 4.78 is 34.2. The monoisotopic (exact) mass is 1120 g/mol. The molecular formula is C59H109NO18. The molecule has 12 N–H and O–H groups in total. The number of hydrogen-bond acceptors (Lipinski definition) is 18. The zero-order chi connectivity index (χ0) is 56.9. The number of amides is 1. The van der Waals surface area contributed by atoms with Gasteiger partial charge in [0.1, 0.15) is 73.2 Å².